The van der Waals surface area contributed by atoms with Crippen LogP contribution in [0.5, 0.6) is 0 Å². The van der Waals surface area contributed by atoms with Crippen molar-refractivity contribution in [3.8, 4) is 0 Å². The zero-order valence-electron chi connectivity index (χ0n) is 8.77. The Morgan fingerprint density at radius 3 is 2.44 bits per heavy atom. The second-order valence-electron chi connectivity index (χ2n) is 4.07. The summed E-state index contributed by atoms with van der Waals surface area (Å²) >= 11 is 5.40. The normalized spacial score (nSPS) is 18.3. The number of hydrogen-bond donors (Lipinski definition) is 1. The van der Waals surface area contributed by atoms with Gasteiger partial charge in [0.15, 0.2) is 0 Å². The van der Waals surface area contributed by atoms with Crippen LogP contribution in [0.3, 0.4) is 0 Å². The summed E-state index contributed by atoms with van der Waals surface area (Å²) in [6.45, 7) is 0. The van der Waals surface area contributed by atoms with E-state index in [0.29, 0.717) is 5.92 Å². The van der Waals surface area contributed by atoms with E-state index in [1.54, 1.807) is 0 Å². The van der Waals surface area contributed by atoms with Crippen molar-refractivity contribution >= 4 is 21.6 Å². The molecule has 3 nitrogen and oxygen atoms in total. The largest absolute Gasteiger partial charge is 0.226 e. The Balaban J connectivity index is 2.19. The number of benzene rings is 1. The molecule has 1 unspecified atom stereocenters. The number of halogens is 1. The fourth-order valence-corrected chi connectivity index (χ4v) is 2.72. The van der Waals surface area contributed by atoms with E-state index >= 15 is 0 Å². The average molecular weight is 260 g/mol. The Morgan fingerprint density at radius 1 is 1.31 bits per heavy atom. The van der Waals surface area contributed by atoms with E-state index in [1.807, 2.05) is 30.3 Å². The van der Waals surface area contributed by atoms with Crippen molar-refractivity contribution in [2.24, 2.45) is 5.92 Å². The van der Waals surface area contributed by atoms with Crippen molar-refractivity contribution < 1.29 is 8.42 Å². The molecule has 88 valence electrons. The molecule has 0 spiro atoms. The van der Waals surface area contributed by atoms with Gasteiger partial charge >= 0.3 is 0 Å². The molecule has 5 heteroatoms. The maximum absolute atomic E-state index is 11.5. The Hall–Kier alpha value is -0.580. The van der Waals surface area contributed by atoms with E-state index in [-0.39, 0.29) is 11.3 Å². The molecule has 1 aliphatic carbocycles. The average Bonchev–Trinajstić information content (AvgIpc) is 3.11. The fourth-order valence-electron chi connectivity index (χ4n) is 1.75. The number of sulfonamides is 1. The maximum atomic E-state index is 11.5. The molecule has 1 atom stereocenters. The van der Waals surface area contributed by atoms with Crippen molar-refractivity contribution in [2.75, 3.05) is 5.21 Å². The number of alkyl halides is 1. The summed E-state index contributed by atoms with van der Waals surface area (Å²) in [4.78, 5) is 0. The molecule has 1 aliphatic rings. The van der Waals surface area contributed by atoms with Gasteiger partial charge in [0.2, 0.25) is 10.0 Å². The molecule has 1 saturated carbocycles. The molecule has 1 N–H and O–H groups in total. The van der Waals surface area contributed by atoms with Crippen LogP contribution in [-0.2, 0) is 10.0 Å². The van der Waals surface area contributed by atoms with Crippen molar-refractivity contribution in [3.63, 3.8) is 0 Å². The predicted octanol–water partition coefficient (Wildman–Crippen LogP) is 2.25. The van der Waals surface area contributed by atoms with E-state index < -0.39 is 10.0 Å². The highest BCUT2D eigenvalue weighted by molar-refractivity contribution is 7.90. The van der Waals surface area contributed by atoms with Gasteiger partial charge < -0.3 is 0 Å². The lowest BCUT2D eigenvalue weighted by molar-refractivity contribution is 0.532. The van der Waals surface area contributed by atoms with Gasteiger partial charge in [-0.3, -0.25) is 0 Å². The van der Waals surface area contributed by atoms with Crippen LogP contribution in [-0.4, -0.2) is 13.6 Å². The first kappa shape index (κ1) is 11.9. The van der Waals surface area contributed by atoms with Crippen LogP contribution < -0.4 is 4.72 Å². The van der Waals surface area contributed by atoms with Gasteiger partial charge in [0.25, 0.3) is 0 Å². The highest BCUT2D eigenvalue weighted by Crippen LogP contribution is 2.41. The second-order valence-corrected chi connectivity index (χ2v) is 6.41. The van der Waals surface area contributed by atoms with E-state index in [0.717, 1.165) is 18.4 Å². The second kappa shape index (κ2) is 4.73. The summed E-state index contributed by atoms with van der Waals surface area (Å²) < 4.78 is 25.6. The van der Waals surface area contributed by atoms with Crippen LogP contribution in [0.15, 0.2) is 30.3 Å². The van der Waals surface area contributed by atoms with Crippen LogP contribution in [0.4, 0.5) is 0 Å². The first-order chi connectivity index (χ1) is 7.62. The van der Waals surface area contributed by atoms with Crippen LogP contribution in [0, 0.1) is 5.92 Å². The lowest BCUT2D eigenvalue weighted by atomic mass is 10.0. The molecular formula is C11H14ClNO2S. The zero-order valence-corrected chi connectivity index (χ0v) is 10.3. The SMILES string of the molecule is O=S(=O)(CCl)NC(c1ccccc1)C1CC1. The van der Waals surface area contributed by atoms with Crippen LogP contribution in [0.2, 0.25) is 0 Å². The number of rotatable bonds is 5. The van der Waals surface area contributed by atoms with Gasteiger partial charge in [-0.05, 0) is 24.3 Å². The van der Waals surface area contributed by atoms with E-state index in [9.17, 15) is 8.42 Å². The molecule has 0 saturated heterocycles. The van der Waals surface area contributed by atoms with Crippen LogP contribution in [0.25, 0.3) is 0 Å². The summed E-state index contributed by atoms with van der Waals surface area (Å²) in [6.07, 6.45) is 2.15. The zero-order chi connectivity index (χ0) is 11.6. The minimum atomic E-state index is -3.36. The summed E-state index contributed by atoms with van der Waals surface area (Å²) in [5, 5.41) is -0.386. The summed E-state index contributed by atoms with van der Waals surface area (Å²) in [7, 11) is -3.36. The van der Waals surface area contributed by atoms with Gasteiger partial charge in [-0.2, -0.15) is 0 Å². The smallest absolute Gasteiger partial charge is 0.211 e. The fraction of sp³-hybridized carbons (Fsp3) is 0.455. The number of hydrogen-bond acceptors (Lipinski definition) is 2. The quantitative estimate of drug-likeness (QED) is 0.825. The highest BCUT2D eigenvalue weighted by atomic mass is 35.5. The van der Waals surface area contributed by atoms with Crippen LogP contribution in [0.1, 0.15) is 24.4 Å². The van der Waals surface area contributed by atoms with E-state index in [2.05, 4.69) is 4.72 Å². The van der Waals surface area contributed by atoms with Gasteiger partial charge in [-0.1, -0.05) is 30.3 Å². The third-order valence-electron chi connectivity index (χ3n) is 2.70. The van der Waals surface area contributed by atoms with Gasteiger partial charge in [0.1, 0.15) is 5.21 Å². The molecule has 1 fully saturated rings. The molecule has 0 aromatic heterocycles. The summed E-state index contributed by atoms with van der Waals surface area (Å²) in [5.74, 6) is 0.417. The third-order valence-corrected chi connectivity index (χ3v) is 4.46. The topological polar surface area (TPSA) is 46.2 Å². The molecule has 0 heterocycles. The van der Waals surface area contributed by atoms with E-state index in [4.69, 9.17) is 11.6 Å². The number of nitrogens with one attached hydrogen (secondary N) is 1. The first-order valence-electron chi connectivity index (χ1n) is 5.23. The van der Waals surface area contributed by atoms with Crippen molar-refractivity contribution in [3.05, 3.63) is 35.9 Å². The Labute approximate surface area is 101 Å². The molecule has 16 heavy (non-hydrogen) atoms. The van der Waals surface area contributed by atoms with Crippen LogP contribution >= 0.6 is 11.6 Å². The van der Waals surface area contributed by atoms with Crippen molar-refractivity contribution in [2.45, 2.75) is 18.9 Å². The Bertz CT molecular complexity index is 442. The maximum Gasteiger partial charge on any atom is 0.226 e. The Morgan fingerprint density at radius 2 is 1.94 bits per heavy atom. The molecule has 0 aliphatic heterocycles. The lowest BCUT2D eigenvalue weighted by Crippen LogP contribution is -2.30. The highest BCUT2D eigenvalue weighted by Gasteiger charge is 2.34. The van der Waals surface area contributed by atoms with Gasteiger partial charge in [0, 0.05) is 6.04 Å². The molecule has 1 aromatic rings. The van der Waals surface area contributed by atoms with E-state index in [1.165, 1.54) is 0 Å². The molecule has 0 amide bonds. The third kappa shape index (κ3) is 2.97. The first-order valence-corrected chi connectivity index (χ1v) is 7.42. The van der Waals surface area contributed by atoms with Crippen molar-refractivity contribution in [1.29, 1.82) is 0 Å². The lowest BCUT2D eigenvalue weighted by Gasteiger charge is -2.17. The summed E-state index contributed by atoms with van der Waals surface area (Å²) in [6, 6.07) is 9.52. The molecule has 0 radical (unpaired) electrons. The standard InChI is InChI=1S/C11H14ClNO2S/c12-8-16(14,15)13-11(10-6-7-10)9-4-2-1-3-5-9/h1-5,10-11,13H,6-8H2. The molecule has 1 aromatic carbocycles. The van der Waals surface area contributed by atoms with Gasteiger partial charge in [-0.25, -0.2) is 13.1 Å². The van der Waals surface area contributed by atoms with Gasteiger partial charge in [-0.15, -0.1) is 11.6 Å². The molecule has 0 bridgehead atoms. The minimum absolute atomic E-state index is 0.120. The molecular weight excluding hydrogens is 246 g/mol. The minimum Gasteiger partial charge on any atom is -0.211 e. The Kier molecular flexibility index (Phi) is 3.52. The molecule has 2 rings (SSSR count). The predicted molar refractivity (Wildman–Crippen MR) is 64.7 cm³/mol. The monoisotopic (exact) mass is 259 g/mol. The summed E-state index contributed by atoms with van der Waals surface area (Å²) in [5.41, 5.74) is 1.01. The van der Waals surface area contributed by atoms with Crippen molar-refractivity contribution in [1.82, 2.24) is 4.72 Å². The van der Waals surface area contributed by atoms with Gasteiger partial charge in [0.05, 0.1) is 0 Å².